The molecule has 0 aliphatic rings. The van der Waals surface area contributed by atoms with Gasteiger partial charge in [0.1, 0.15) is 0 Å². The highest BCUT2D eigenvalue weighted by Gasteiger charge is 2.31. The third-order valence-corrected chi connectivity index (χ3v) is 4.60. The number of nitrogens with zero attached hydrogens (tertiary/aromatic N) is 1. The predicted octanol–water partition coefficient (Wildman–Crippen LogP) is 2.08. The first kappa shape index (κ1) is 21.4. The molecule has 0 aliphatic heterocycles. The molecular formula is C17H37N3O2. The predicted molar refractivity (Wildman–Crippen MR) is 92.8 cm³/mol. The molecule has 2 N–H and O–H groups in total. The number of nitrogens with one attached hydrogen (secondary N) is 2. The van der Waals surface area contributed by atoms with Crippen molar-refractivity contribution >= 4 is 5.91 Å². The van der Waals surface area contributed by atoms with E-state index in [0.717, 1.165) is 12.8 Å². The molecule has 0 saturated carbocycles. The molecule has 4 unspecified atom stereocenters. The van der Waals surface area contributed by atoms with E-state index in [9.17, 15) is 4.79 Å². The van der Waals surface area contributed by atoms with Crippen LogP contribution < -0.4 is 10.6 Å². The van der Waals surface area contributed by atoms with E-state index in [1.54, 1.807) is 7.11 Å². The van der Waals surface area contributed by atoms with Crippen LogP contribution in [-0.2, 0) is 9.53 Å². The standard InChI is InChI=1S/C17H37N3O2/c1-9-13(5)16(14(10-2)22-8)20(7)15(21)11-19-17(18-6)12(3)4/h12-14,16-19H,9-11H2,1-8H3. The van der Waals surface area contributed by atoms with Crippen LogP contribution >= 0.6 is 0 Å². The van der Waals surface area contributed by atoms with Gasteiger partial charge in [-0.2, -0.15) is 0 Å². The van der Waals surface area contributed by atoms with E-state index in [-0.39, 0.29) is 24.2 Å². The van der Waals surface area contributed by atoms with E-state index < -0.39 is 0 Å². The minimum atomic E-state index is 0.0779. The van der Waals surface area contributed by atoms with Crippen molar-refractivity contribution in [3.05, 3.63) is 0 Å². The molecule has 0 fully saturated rings. The topological polar surface area (TPSA) is 53.6 Å². The maximum atomic E-state index is 12.6. The first-order valence-corrected chi connectivity index (χ1v) is 8.52. The summed E-state index contributed by atoms with van der Waals surface area (Å²) in [5, 5.41) is 6.49. The maximum Gasteiger partial charge on any atom is 0.236 e. The van der Waals surface area contributed by atoms with Crippen LogP contribution in [0.1, 0.15) is 47.5 Å². The lowest BCUT2D eigenvalue weighted by atomic mass is 9.91. The van der Waals surface area contributed by atoms with Gasteiger partial charge in [-0.25, -0.2) is 0 Å². The summed E-state index contributed by atoms with van der Waals surface area (Å²) in [6, 6.07) is 0.112. The Morgan fingerprint density at radius 3 is 2.14 bits per heavy atom. The molecule has 0 aromatic carbocycles. The van der Waals surface area contributed by atoms with Crippen LogP contribution in [0.4, 0.5) is 0 Å². The van der Waals surface area contributed by atoms with Gasteiger partial charge in [-0.3, -0.25) is 10.1 Å². The lowest BCUT2D eigenvalue weighted by molar-refractivity contribution is -0.136. The summed E-state index contributed by atoms with van der Waals surface area (Å²) in [4.78, 5) is 14.4. The quantitative estimate of drug-likeness (QED) is 0.573. The largest absolute Gasteiger partial charge is 0.379 e. The molecule has 1 amide bonds. The van der Waals surface area contributed by atoms with Crippen molar-refractivity contribution in [3.63, 3.8) is 0 Å². The molecule has 0 rings (SSSR count). The van der Waals surface area contributed by atoms with Crippen LogP contribution in [0.3, 0.4) is 0 Å². The summed E-state index contributed by atoms with van der Waals surface area (Å²) in [6.07, 6.45) is 2.15. The Hall–Kier alpha value is -0.650. The first-order chi connectivity index (χ1) is 10.3. The molecule has 0 radical (unpaired) electrons. The number of likely N-dealkylation sites (N-methyl/N-ethyl adjacent to an activating group) is 1. The van der Waals surface area contributed by atoms with Crippen LogP contribution in [-0.4, -0.2) is 56.9 Å². The number of hydrogen-bond acceptors (Lipinski definition) is 4. The molecule has 0 bridgehead atoms. The van der Waals surface area contributed by atoms with Crippen LogP contribution in [0, 0.1) is 11.8 Å². The molecule has 0 saturated heterocycles. The van der Waals surface area contributed by atoms with E-state index in [1.165, 1.54) is 0 Å². The Morgan fingerprint density at radius 2 is 1.77 bits per heavy atom. The van der Waals surface area contributed by atoms with Crippen LogP contribution in [0.15, 0.2) is 0 Å². The molecule has 0 aliphatic carbocycles. The van der Waals surface area contributed by atoms with E-state index in [0.29, 0.717) is 18.4 Å². The average molecular weight is 316 g/mol. The zero-order valence-corrected chi connectivity index (χ0v) is 15.8. The molecular weight excluding hydrogens is 278 g/mol. The molecule has 0 spiro atoms. The van der Waals surface area contributed by atoms with Crippen molar-refractivity contribution in [1.82, 2.24) is 15.5 Å². The summed E-state index contributed by atoms with van der Waals surface area (Å²) >= 11 is 0. The normalized spacial score (nSPS) is 17.1. The Bertz CT molecular complexity index is 306. The van der Waals surface area contributed by atoms with Crippen LogP contribution in [0.5, 0.6) is 0 Å². The van der Waals surface area contributed by atoms with E-state index in [4.69, 9.17) is 4.74 Å². The van der Waals surface area contributed by atoms with E-state index in [2.05, 4.69) is 45.3 Å². The van der Waals surface area contributed by atoms with Crippen molar-refractivity contribution in [2.24, 2.45) is 11.8 Å². The minimum absolute atomic E-state index is 0.0779. The van der Waals surface area contributed by atoms with Gasteiger partial charge >= 0.3 is 0 Å². The van der Waals surface area contributed by atoms with Gasteiger partial charge in [-0.05, 0) is 25.3 Å². The number of ether oxygens (including phenoxy) is 1. The third-order valence-electron chi connectivity index (χ3n) is 4.60. The Labute approximate surface area is 137 Å². The average Bonchev–Trinajstić information content (AvgIpc) is 2.51. The SMILES string of the molecule is CCC(C)C(C(CC)OC)N(C)C(=O)CNC(NC)C(C)C. The van der Waals surface area contributed by atoms with Crippen LogP contribution in [0.25, 0.3) is 0 Å². The van der Waals surface area contributed by atoms with E-state index >= 15 is 0 Å². The second kappa shape index (κ2) is 11.0. The molecule has 0 aromatic heterocycles. The second-order valence-corrected chi connectivity index (χ2v) is 6.45. The number of carbonyl (C=O) groups excluding carboxylic acids is 1. The van der Waals surface area contributed by atoms with Gasteiger partial charge in [-0.1, -0.05) is 41.0 Å². The number of hydrogen-bond donors (Lipinski definition) is 2. The Balaban J connectivity index is 4.84. The number of methoxy groups -OCH3 is 1. The Morgan fingerprint density at radius 1 is 1.18 bits per heavy atom. The van der Waals surface area contributed by atoms with Gasteiger partial charge in [0.25, 0.3) is 0 Å². The molecule has 0 heterocycles. The smallest absolute Gasteiger partial charge is 0.236 e. The second-order valence-electron chi connectivity index (χ2n) is 6.45. The van der Waals surface area contributed by atoms with Crippen molar-refractivity contribution in [1.29, 1.82) is 0 Å². The number of rotatable bonds is 11. The Kier molecular flexibility index (Phi) is 10.6. The van der Waals surface area contributed by atoms with Gasteiger partial charge in [-0.15, -0.1) is 0 Å². The minimum Gasteiger partial charge on any atom is -0.379 e. The first-order valence-electron chi connectivity index (χ1n) is 8.52. The van der Waals surface area contributed by atoms with Gasteiger partial charge in [0.05, 0.1) is 24.9 Å². The fourth-order valence-electron chi connectivity index (χ4n) is 2.95. The third kappa shape index (κ3) is 6.23. The maximum absolute atomic E-state index is 12.6. The van der Waals surface area contributed by atoms with Crippen molar-refractivity contribution in [2.45, 2.75) is 65.8 Å². The summed E-state index contributed by atoms with van der Waals surface area (Å²) in [5.41, 5.74) is 0. The fraction of sp³-hybridized carbons (Fsp3) is 0.941. The van der Waals surface area contributed by atoms with Gasteiger partial charge in [0, 0.05) is 14.2 Å². The van der Waals surface area contributed by atoms with E-state index in [1.807, 2.05) is 19.0 Å². The summed E-state index contributed by atoms with van der Waals surface area (Å²) in [7, 11) is 5.54. The monoisotopic (exact) mass is 315 g/mol. The molecule has 4 atom stereocenters. The highest BCUT2D eigenvalue weighted by molar-refractivity contribution is 5.78. The summed E-state index contributed by atoms with van der Waals surface area (Å²) in [6.45, 7) is 11.0. The fourth-order valence-corrected chi connectivity index (χ4v) is 2.95. The molecule has 22 heavy (non-hydrogen) atoms. The molecule has 132 valence electrons. The molecule has 5 heteroatoms. The lowest BCUT2D eigenvalue weighted by Crippen LogP contribution is -2.53. The highest BCUT2D eigenvalue weighted by atomic mass is 16.5. The van der Waals surface area contributed by atoms with Crippen molar-refractivity contribution in [2.75, 3.05) is 27.7 Å². The van der Waals surface area contributed by atoms with Crippen LogP contribution in [0.2, 0.25) is 0 Å². The molecule has 5 nitrogen and oxygen atoms in total. The van der Waals surface area contributed by atoms with Crippen molar-refractivity contribution in [3.8, 4) is 0 Å². The molecule has 0 aromatic rings. The van der Waals surface area contributed by atoms with Crippen molar-refractivity contribution < 1.29 is 9.53 Å². The number of amides is 1. The lowest BCUT2D eigenvalue weighted by Gasteiger charge is -2.38. The van der Waals surface area contributed by atoms with Gasteiger partial charge in [0.2, 0.25) is 5.91 Å². The number of carbonyl (C=O) groups is 1. The summed E-state index contributed by atoms with van der Waals surface area (Å²) < 4.78 is 5.61. The zero-order chi connectivity index (χ0) is 17.3. The summed E-state index contributed by atoms with van der Waals surface area (Å²) in [5.74, 6) is 0.946. The van der Waals surface area contributed by atoms with Gasteiger partial charge in [0.15, 0.2) is 0 Å². The highest BCUT2D eigenvalue weighted by Crippen LogP contribution is 2.21. The van der Waals surface area contributed by atoms with Gasteiger partial charge < -0.3 is 15.0 Å². The zero-order valence-electron chi connectivity index (χ0n) is 15.8.